The van der Waals surface area contributed by atoms with Crippen molar-refractivity contribution < 1.29 is 13.9 Å². The summed E-state index contributed by atoms with van der Waals surface area (Å²) in [5, 5.41) is 18.8. The second-order valence-electron chi connectivity index (χ2n) is 6.82. The van der Waals surface area contributed by atoms with Crippen LogP contribution < -0.4 is 10.6 Å². The number of aromatic nitrogens is 4. The normalized spacial score (nSPS) is 11.2. The maximum Gasteiger partial charge on any atom is 0.251 e. The predicted molar refractivity (Wildman–Crippen MR) is 107 cm³/mol. The number of halogens is 1. The van der Waals surface area contributed by atoms with Crippen molar-refractivity contribution in [2.45, 2.75) is 32.8 Å². The second kappa shape index (κ2) is 9.92. The van der Waals surface area contributed by atoms with Crippen LogP contribution in [-0.4, -0.2) is 51.5 Å². The lowest BCUT2D eigenvalue weighted by Gasteiger charge is -2.09. The predicted octanol–water partition coefficient (Wildman–Crippen LogP) is 2.46. The third-order valence-electron chi connectivity index (χ3n) is 4.15. The molecular formula is C20H25FN6O2. The van der Waals surface area contributed by atoms with Crippen LogP contribution in [0.1, 0.15) is 36.5 Å². The van der Waals surface area contributed by atoms with Gasteiger partial charge in [-0.05, 0) is 56.7 Å². The summed E-state index contributed by atoms with van der Waals surface area (Å²) in [5.41, 5.74) is 1.04. The highest BCUT2D eigenvalue weighted by Gasteiger charge is 2.10. The zero-order valence-corrected chi connectivity index (χ0v) is 16.6. The van der Waals surface area contributed by atoms with Gasteiger partial charge in [0.25, 0.3) is 5.91 Å². The first-order valence-corrected chi connectivity index (χ1v) is 9.63. The minimum absolute atomic E-state index is 0.229. The van der Waals surface area contributed by atoms with Crippen molar-refractivity contribution in [1.29, 1.82) is 0 Å². The molecule has 0 aliphatic rings. The molecule has 3 aromatic rings. The second-order valence-corrected chi connectivity index (χ2v) is 6.82. The van der Waals surface area contributed by atoms with E-state index in [1.807, 2.05) is 26.0 Å². The molecule has 0 saturated carbocycles. The molecule has 0 saturated heterocycles. The standard InChI is InChI=1S/C20H25FN6O2/c1-14(2)29-13-3-11-22-17-8-9-18-24-25-19(27(18)26-17)10-12-23-20(28)15-4-6-16(21)7-5-15/h4-9,14H,3,10-13H2,1-2H3,(H,22,26)(H,23,28). The van der Waals surface area contributed by atoms with E-state index in [0.717, 1.165) is 18.8 Å². The van der Waals surface area contributed by atoms with Crippen LogP contribution in [0.4, 0.5) is 10.2 Å². The van der Waals surface area contributed by atoms with E-state index in [1.165, 1.54) is 24.3 Å². The number of nitrogens with one attached hydrogen (secondary N) is 2. The number of amides is 1. The number of benzene rings is 1. The Morgan fingerprint density at radius 2 is 1.93 bits per heavy atom. The molecule has 0 unspecified atom stereocenters. The Hall–Kier alpha value is -3.07. The molecule has 154 valence electrons. The molecule has 1 aromatic carbocycles. The van der Waals surface area contributed by atoms with Gasteiger partial charge in [-0.15, -0.1) is 15.3 Å². The number of hydrogen-bond acceptors (Lipinski definition) is 6. The summed E-state index contributed by atoms with van der Waals surface area (Å²) in [5.74, 6) is 0.724. The number of carbonyl (C=O) groups excluding carboxylic acids is 1. The molecule has 29 heavy (non-hydrogen) atoms. The van der Waals surface area contributed by atoms with E-state index in [9.17, 15) is 9.18 Å². The highest BCUT2D eigenvalue weighted by molar-refractivity contribution is 5.94. The van der Waals surface area contributed by atoms with Crippen LogP contribution in [0.2, 0.25) is 0 Å². The van der Waals surface area contributed by atoms with Crippen LogP contribution in [0.5, 0.6) is 0 Å². The Bertz CT molecular complexity index is 942. The number of nitrogens with zero attached hydrogens (tertiary/aromatic N) is 4. The van der Waals surface area contributed by atoms with E-state index in [-0.39, 0.29) is 17.8 Å². The van der Waals surface area contributed by atoms with Gasteiger partial charge in [-0.25, -0.2) is 4.39 Å². The molecule has 0 atom stereocenters. The Labute approximate surface area is 168 Å². The Balaban J connectivity index is 1.52. The van der Waals surface area contributed by atoms with Gasteiger partial charge in [-0.2, -0.15) is 4.52 Å². The highest BCUT2D eigenvalue weighted by Crippen LogP contribution is 2.08. The lowest BCUT2D eigenvalue weighted by atomic mass is 10.2. The first-order valence-electron chi connectivity index (χ1n) is 9.63. The maximum atomic E-state index is 12.9. The average molecular weight is 400 g/mol. The van der Waals surface area contributed by atoms with E-state index >= 15 is 0 Å². The van der Waals surface area contributed by atoms with E-state index < -0.39 is 0 Å². The number of rotatable bonds is 10. The van der Waals surface area contributed by atoms with Crippen molar-refractivity contribution >= 4 is 17.4 Å². The fraction of sp³-hybridized carbons (Fsp3) is 0.400. The van der Waals surface area contributed by atoms with Crippen molar-refractivity contribution in [2.24, 2.45) is 0 Å². The van der Waals surface area contributed by atoms with Crippen molar-refractivity contribution in [2.75, 3.05) is 25.0 Å². The summed E-state index contributed by atoms with van der Waals surface area (Å²) < 4.78 is 20.1. The minimum atomic E-state index is -0.376. The van der Waals surface area contributed by atoms with Gasteiger partial charge in [-0.1, -0.05) is 0 Å². The maximum absolute atomic E-state index is 12.9. The number of ether oxygens (including phenoxy) is 1. The number of anilines is 1. The van der Waals surface area contributed by atoms with Crippen LogP contribution in [0, 0.1) is 5.82 Å². The van der Waals surface area contributed by atoms with Crippen LogP contribution in [0.15, 0.2) is 36.4 Å². The molecule has 0 aliphatic carbocycles. The molecule has 2 heterocycles. The molecule has 3 rings (SSSR count). The van der Waals surface area contributed by atoms with E-state index in [4.69, 9.17) is 4.74 Å². The van der Waals surface area contributed by atoms with Gasteiger partial charge >= 0.3 is 0 Å². The molecule has 0 radical (unpaired) electrons. The minimum Gasteiger partial charge on any atom is -0.379 e. The smallest absolute Gasteiger partial charge is 0.251 e. The van der Waals surface area contributed by atoms with E-state index in [2.05, 4.69) is 25.9 Å². The van der Waals surface area contributed by atoms with Gasteiger partial charge in [0.2, 0.25) is 0 Å². The largest absolute Gasteiger partial charge is 0.379 e. The summed E-state index contributed by atoms with van der Waals surface area (Å²) >= 11 is 0. The SMILES string of the molecule is CC(C)OCCCNc1ccc2nnc(CCNC(=O)c3ccc(F)cc3)n2n1. The average Bonchev–Trinajstić information content (AvgIpc) is 3.10. The van der Waals surface area contributed by atoms with Crippen molar-refractivity contribution in [3.63, 3.8) is 0 Å². The molecule has 0 aliphatic heterocycles. The third-order valence-corrected chi connectivity index (χ3v) is 4.15. The van der Waals surface area contributed by atoms with Gasteiger partial charge < -0.3 is 15.4 Å². The van der Waals surface area contributed by atoms with Gasteiger partial charge in [0.15, 0.2) is 11.5 Å². The Morgan fingerprint density at radius 3 is 2.69 bits per heavy atom. The van der Waals surface area contributed by atoms with Crippen molar-refractivity contribution in [3.05, 3.63) is 53.6 Å². The summed E-state index contributed by atoms with van der Waals surface area (Å²) in [6.07, 6.45) is 1.57. The molecule has 2 N–H and O–H groups in total. The summed E-state index contributed by atoms with van der Waals surface area (Å²) in [6, 6.07) is 9.11. The fourth-order valence-electron chi connectivity index (χ4n) is 2.68. The van der Waals surface area contributed by atoms with Crippen LogP contribution in [0.3, 0.4) is 0 Å². The van der Waals surface area contributed by atoms with Crippen molar-refractivity contribution in [1.82, 2.24) is 25.1 Å². The first-order chi connectivity index (χ1) is 14.0. The van der Waals surface area contributed by atoms with E-state index in [0.29, 0.717) is 36.6 Å². The lowest BCUT2D eigenvalue weighted by Crippen LogP contribution is -2.26. The summed E-state index contributed by atoms with van der Waals surface area (Å²) in [4.78, 5) is 12.1. The van der Waals surface area contributed by atoms with Crippen LogP contribution in [-0.2, 0) is 11.2 Å². The monoisotopic (exact) mass is 400 g/mol. The summed E-state index contributed by atoms with van der Waals surface area (Å²) in [6.45, 7) is 5.83. The number of hydrogen-bond donors (Lipinski definition) is 2. The van der Waals surface area contributed by atoms with Gasteiger partial charge in [0.05, 0.1) is 6.10 Å². The molecule has 1 amide bonds. The zero-order valence-electron chi connectivity index (χ0n) is 16.6. The Morgan fingerprint density at radius 1 is 1.14 bits per heavy atom. The van der Waals surface area contributed by atoms with Crippen LogP contribution >= 0.6 is 0 Å². The molecule has 0 bridgehead atoms. The molecule has 0 spiro atoms. The van der Waals surface area contributed by atoms with Crippen LogP contribution in [0.25, 0.3) is 5.65 Å². The van der Waals surface area contributed by atoms with Gasteiger partial charge in [0, 0.05) is 31.7 Å². The molecule has 8 nitrogen and oxygen atoms in total. The third kappa shape index (κ3) is 5.95. The Kier molecular flexibility index (Phi) is 7.07. The topological polar surface area (TPSA) is 93.4 Å². The number of fused-ring (bicyclic) bond motifs is 1. The van der Waals surface area contributed by atoms with E-state index in [1.54, 1.807) is 4.52 Å². The highest BCUT2D eigenvalue weighted by atomic mass is 19.1. The molecule has 2 aromatic heterocycles. The zero-order chi connectivity index (χ0) is 20.6. The molecule has 0 fully saturated rings. The van der Waals surface area contributed by atoms with Gasteiger partial charge in [0.1, 0.15) is 11.6 Å². The molecule has 9 heteroatoms. The summed E-state index contributed by atoms with van der Waals surface area (Å²) in [7, 11) is 0. The van der Waals surface area contributed by atoms with Crippen molar-refractivity contribution in [3.8, 4) is 0 Å². The lowest BCUT2D eigenvalue weighted by molar-refractivity contribution is 0.0787. The van der Waals surface area contributed by atoms with Gasteiger partial charge in [-0.3, -0.25) is 4.79 Å². The number of carbonyl (C=O) groups is 1. The molecular weight excluding hydrogens is 375 g/mol. The fourth-order valence-corrected chi connectivity index (χ4v) is 2.68. The first kappa shape index (κ1) is 20.7. The quantitative estimate of drug-likeness (QED) is 0.508.